The molecule has 14 heavy (non-hydrogen) atoms. The van der Waals surface area contributed by atoms with Crippen LogP contribution in [0.5, 0.6) is 0 Å². The van der Waals surface area contributed by atoms with Crippen molar-refractivity contribution in [3.8, 4) is 0 Å². The molecular formula is C13H19Zr-. The maximum atomic E-state index is 2.44. The number of hydrogen-bond acceptors (Lipinski definition) is 0. The third kappa shape index (κ3) is 2.86. The van der Waals surface area contributed by atoms with Crippen LogP contribution in [0.25, 0.3) is 0 Å². The number of fused-ring (bicyclic) bond motifs is 1. The maximum absolute atomic E-state index is 2.44. The first-order valence-corrected chi connectivity index (χ1v) is 5.53. The summed E-state index contributed by atoms with van der Waals surface area (Å²) in [6.07, 6.45) is 6.71. The molecular weight excluding hydrogens is 247 g/mol. The Kier molecular flexibility index (Phi) is 4.70. The first-order chi connectivity index (χ1) is 6.25. The average molecular weight is 267 g/mol. The Bertz CT molecular complexity index is 260. The Hall–Kier alpha value is 0.233. The Labute approximate surface area is 107 Å². The SMILES string of the molecule is CC(C)Cc1cc2c([cH-]1)CCCC2.[Zr]. The zero-order chi connectivity index (χ0) is 9.26. The van der Waals surface area contributed by atoms with Crippen molar-refractivity contribution in [2.45, 2.75) is 46.0 Å². The van der Waals surface area contributed by atoms with E-state index < -0.39 is 0 Å². The number of hydrogen-bond donors (Lipinski definition) is 0. The van der Waals surface area contributed by atoms with Crippen molar-refractivity contribution in [1.82, 2.24) is 0 Å². The van der Waals surface area contributed by atoms with Gasteiger partial charge in [-0.1, -0.05) is 39.5 Å². The van der Waals surface area contributed by atoms with E-state index in [1.807, 2.05) is 0 Å². The summed E-state index contributed by atoms with van der Waals surface area (Å²) in [7, 11) is 0. The third-order valence-corrected chi connectivity index (χ3v) is 2.92. The molecule has 0 spiro atoms. The van der Waals surface area contributed by atoms with E-state index in [1.165, 1.54) is 32.1 Å². The van der Waals surface area contributed by atoms with E-state index in [-0.39, 0.29) is 26.2 Å². The minimum absolute atomic E-state index is 0. The van der Waals surface area contributed by atoms with E-state index in [2.05, 4.69) is 26.0 Å². The molecule has 0 unspecified atom stereocenters. The monoisotopic (exact) mass is 265 g/mol. The summed E-state index contributed by atoms with van der Waals surface area (Å²) >= 11 is 0. The molecule has 1 aromatic rings. The van der Waals surface area contributed by atoms with Crippen molar-refractivity contribution < 1.29 is 26.2 Å². The van der Waals surface area contributed by atoms with E-state index in [0.29, 0.717) is 0 Å². The van der Waals surface area contributed by atoms with Gasteiger partial charge in [0.15, 0.2) is 0 Å². The Morgan fingerprint density at radius 1 is 1.29 bits per heavy atom. The molecule has 0 fully saturated rings. The second kappa shape index (κ2) is 5.35. The van der Waals surface area contributed by atoms with Crippen LogP contribution in [-0.2, 0) is 45.5 Å². The molecule has 1 aliphatic carbocycles. The average Bonchev–Trinajstić information content (AvgIpc) is 2.44. The molecule has 0 atom stereocenters. The van der Waals surface area contributed by atoms with E-state index in [9.17, 15) is 0 Å². The summed E-state index contributed by atoms with van der Waals surface area (Å²) in [6.45, 7) is 4.60. The van der Waals surface area contributed by atoms with Crippen molar-refractivity contribution >= 4 is 0 Å². The smallest absolute Gasteiger partial charge is 0 e. The largest absolute Gasteiger partial charge is 0.207 e. The fourth-order valence-corrected chi connectivity index (χ4v) is 2.36. The van der Waals surface area contributed by atoms with Gasteiger partial charge in [-0.15, -0.1) is 0 Å². The van der Waals surface area contributed by atoms with Gasteiger partial charge in [0.2, 0.25) is 0 Å². The molecule has 76 valence electrons. The molecule has 1 aromatic carbocycles. The van der Waals surface area contributed by atoms with Gasteiger partial charge in [-0.3, -0.25) is 0 Å². The Morgan fingerprint density at radius 2 is 2.00 bits per heavy atom. The minimum Gasteiger partial charge on any atom is -0.207 e. The van der Waals surface area contributed by atoms with Gasteiger partial charge in [0.05, 0.1) is 0 Å². The van der Waals surface area contributed by atoms with Crippen molar-refractivity contribution in [2.75, 3.05) is 0 Å². The van der Waals surface area contributed by atoms with Crippen molar-refractivity contribution in [3.05, 3.63) is 28.8 Å². The van der Waals surface area contributed by atoms with Crippen molar-refractivity contribution in [2.24, 2.45) is 5.92 Å². The van der Waals surface area contributed by atoms with Crippen molar-refractivity contribution in [3.63, 3.8) is 0 Å². The molecule has 0 saturated heterocycles. The van der Waals surface area contributed by atoms with Crippen LogP contribution in [0.1, 0.15) is 43.4 Å². The van der Waals surface area contributed by atoms with Gasteiger partial charge in [-0.2, -0.15) is 22.8 Å². The summed E-state index contributed by atoms with van der Waals surface area (Å²) in [6, 6.07) is 4.88. The fraction of sp³-hybridized carbons (Fsp3) is 0.615. The molecule has 2 rings (SSSR count). The van der Waals surface area contributed by atoms with Gasteiger partial charge < -0.3 is 0 Å². The number of aryl methyl sites for hydroxylation is 2. The van der Waals surface area contributed by atoms with Crippen LogP contribution in [0, 0.1) is 5.92 Å². The molecule has 1 heteroatoms. The zero-order valence-electron chi connectivity index (χ0n) is 9.27. The predicted octanol–water partition coefficient (Wildman–Crippen LogP) is 3.48. The first-order valence-electron chi connectivity index (χ1n) is 5.53. The van der Waals surface area contributed by atoms with Crippen LogP contribution in [-0.4, -0.2) is 0 Å². The van der Waals surface area contributed by atoms with Gasteiger partial charge >= 0.3 is 0 Å². The third-order valence-electron chi connectivity index (χ3n) is 2.92. The normalized spacial score (nSPS) is 15.1. The summed E-state index contributed by atoms with van der Waals surface area (Å²) in [4.78, 5) is 0. The summed E-state index contributed by atoms with van der Waals surface area (Å²) in [5.74, 6) is 0.795. The molecule has 0 aromatic heterocycles. The maximum Gasteiger partial charge on any atom is 0 e. The second-order valence-corrected chi connectivity index (χ2v) is 4.72. The second-order valence-electron chi connectivity index (χ2n) is 4.72. The van der Waals surface area contributed by atoms with E-state index >= 15 is 0 Å². The standard InChI is InChI=1S/C13H19.Zr/c1-10(2)7-11-8-12-5-3-4-6-13(12)9-11;/h8-10H,3-7H2,1-2H3;/q-1;. The molecule has 0 saturated carbocycles. The predicted molar refractivity (Wildman–Crippen MR) is 57.2 cm³/mol. The topological polar surface area (TPSA) is 0 Å². The van der Waals surface area contributed by atoms with E-state index in [0.717, 1.165) is 5.92 Å². The molecule has 0 nitrogen and oxygen atoms in total. The van der Waals surface area contributed by atoms with Gasteiger partial charge in [-0.05, 0) is 12.3 Å². The van der Waals surface area contributed by atoms with E-state index in [4.69, 9.17) is 0 Å². The Morgan fingerprint density at radius 3 is 2.64 bits per heavy atom. The van der Waals surface area contributed by atoms with Gasteiger partial charge in [-0.25, -0.2) is 6.07 Å². The van der Waals surface area contributed by atoms with Gasteiger partial charge in [0.1, 0.15) is 0 Å². The fourth-order valence-electron chi connectivity index (χ4n) is 2.36. The zero-order valence-corrected chi connectivity index (χ0v) is 11.7. The van der Waals surface area contributed by atoms with Crippen LogP contribution in [0.4, 0.5) is 0 Å². The van der Waals surface area contributed by atoms with E-state index in [1.54, 1.807) is 16.7 Å². The van der Waals surface area contributed by atoms with Crippen LogP contribution < -0.4 is 0 Å². The quantitative estimate of drug-likeness (QED) is 0.719. The summed E-state index contributed by atoms with van der Waals surface area (Å²) in [5.41, 5.74) is 4.85. The number of rotatable bonds is 2. The van der Waals surface area contributed by atoms with Crippen LogP contribution in [0.3, 0.4) is 0 Å². The van der Waals surface area contributed by atoms with Crippen LogP contribution >= 0.6 is 0 Å². The summed E-state index contributed by atoms with van der Waals surface area (Å²) in [5, 5.41) is 0. The molecule has 0 heterocycles. The molecule has 0 amide bonds. The van der Waals surface area contributed by atoms with Crippen LogP contribution in [0.15, 0.2) is 12.1 Å². The molecule has 0 radical (unpaired) electrons. The molecule has 0 aliphatic heterocycles. The molecule has 0 N–H and O–H groups in total. The molecule has 1 aliphatic rings. The first kappa shape index (κ1) is 12.3. The summed E-state index contributed by atoms with van der Waals surface area (Å²) < 4.78 is 0. The van der Waals surface area contributed by atoms with Gasteiger partial charge in [0, 0.05) is 26.2 Å². The van der Waals surface area contributed by atoms with Gasteiger partial charge in [0.25, 0.3) is 0 Å². The Balaban J connectivity index is 0.000000980. The van der Waals surface area contributed by atoms with Crippen LogP contribution in [0.2, 0.25) is 0 Å². The van der Waals surface area contributed by atoms with Crippen molar-refractivity contribution in [1.29, 1.82) is 0 Å². The minimum atomic E-state index is 0. The molecule has 0 bridgehead atoms.